The van der Waals surface area contributed by atoms with Gasteiger partial charge in [-0.1, -0.05) is 6.07 Å². The zero-order chi connectivity index (χ0) is 14.0. The van der Waals surface area contributed by atoms with Crippen LogP contribution in [0.1, 0.15) is 12.0 Å². The molecular weight excluding hydrogens is 260 g/mol. The van der Waals surface area contributed by atoms with Gasteiger partial charge < -0.3 is 11.1 Å². The standard InChI is InChI=1S/C13H10F4N2/c14-9-2-1-3-10(15)12(9)19-11-5-4-7(18)6-8(11)13(16)17/h1-6,13,19H,18H2. The van der Waals surface area contributed by atoms with E-state index in [0.29, 0.717) is 0 Å². The Labute approximate surface area is 106 Å². The molecule has 2 rings (SSSR count). The lowest BCUT2D eigenvalue weighted by Gasteiger charge is -2.13. The summed E-state index contributed by atoms with van der Waals surface area (Å²) in [6, 6.07) is 6.93. The topological polar surface area (TPSA) is 38.0 Å². The van der Waals surface area contributed by atoms with E-state index in [2.05, 4.69) is 5.32 Å². The highest BCUT2D eigenvalue weighted by molar-refractivity contribution is 5.67. The summed E-state index contributed by atoms with van der Waals surface area (Å²) in [6.07, 6.45) is -2.80. The van der Waals surface area contributed by atoms with Gasteiger partial charge in [0.05, 0.1) is 0 Å². The van der Waals surface area contributed by atoms with Crippen molar-refractivity contribution in [2.24, 2.45) is 0 Å². The van der Waals surface area contributed by atoms with Crippen molar-refractivity contribution in [1.29, 1.82) is 0 Å². The van der Waals surface area contributed by atoms with Crippen LogP contribution in [0.5, 0.6) is 0 Å². The van der Waals surface area contributed by atoms with E-state index in [1.807, 2.05) is 0 Å². The first-order chi connectivity index (χ1) is 8.99. The number of benzene rings is 2. The Balaban J connectivity index is 2.44. The largest absolute Gasteiger partial charge is 0.399 e. The zero-order valence-corrected chi connectivity index (χ0v) is 9.63. The lowest BCUT2D eigenvalue weighted by atomic mass is 10.1. The van der Waals surface area contributed by atoms with Crippen LogP contribution in [0.2, 0.25) is 0 Å². The molecule has 2 aromatic rings. The van der Waals surface area contributed by atoms with Crippen molar-refractivity contribution in [3.05, 3.63) is 53.6 Å². The number of rotatable bonds is 3. The summed E-state index contributed by atoms with van der Waals surface area (Å²) in [5, 5.41) is 2.33. The maximum Gasteiger partial charge on any atom is 0.265 e. The van der Waals surface area contributed by atoms with Gasteiger partial charge in [-0.2, -0.15) is 0 Å². The quantitative estimate of drug-likeness (QED) is 0.647. The normalized spacial score (nSPS) is 10.8. The highest BCUT2D eigenvalue weighted by Gasteiger charge is 2.16. The van der Waals surface area contributed by atoms with Crippen LogP contribution in [-0.2, 0) is 0 Å². The first kappa shape index (κ1) is 13.2. The number of hydrogen-bond acceptors (Lipinski definition) is 2. The van der Waals surface area contributed by atoms with Crippen molar-refractivity contribution in [2.75, 3.05) is 11.1 Å². The van der Waals surface area contributed by atoms with Gasteiger partial charge in [-0.15, -0.1) is 0 Å². The second-order valence-corrected chi connectivity index (χ2v) is 3.87. The monoisotopic (exact) mass is 270 g/mol. The highest BCUT2D eigenvalue weighted by atomic mass is 19.3. The number of alkyl halides is 2. The maximum absolute atomic E-state index is 13.4. The van der Waals surface area contributed by atoms with E-state index in [1.165, 1.54) is 18.2 Å². The van der Waals surface area contributed by atoms with Crippen LogP contribution in [-0.4, -0.2) is 0 Å². The molecule has 2 nitrogen and oxygen atoms in total. The Morgan fingerprint density at radius 2 is 1.63 bits per heavy atom. The Morgan fingerprint density at radius 1 is 1.00 bits per heavy atom. The van der Waals surface area contributed by atoms with Gasteiger partial charge in [-0.25, -0.2) is 17.6 Å². The summed E-state index contributed by atoms with van der Waals surface area (Å²) < 4.78 is 52.5. The summed E-state index contributed by atoms with van der Waals surface area (Å²) >= 11 is 0. The third-order valence-corrected chi connectivity index (χ3v) is 2.53. The molecule has 0 amide bonds. The molecule has 0 aliphatic carbocycles. The van der Waals surface area contributed by atoms with Crippen molar-refractivity contribution in [3.63, 3.8) is 0 Å². The second kappa shape index (κ2) is 5.17. The molecule has 0 fully saturated rings. The lowest BCUT2D eigenvalue weighted by Crippen LogP contribution is -2.02. The first-order valence-corrected chi connectivity index (χ1v) is 5.37. The third kappa shape index (κ3) is 2.78. The Bertz CT molecular complexity index is 579. The molecule has 0 aliphatic rings. The number of anilines is 3. The van der Waals surface area contributed by atoms with Gasteiger partial charge in [0, 0.05) is 16.9 Å². The van der Waals surface area contributed by atoms with E-state index < -0.39 is 29.3 Å². The van der Waals surface area contributed by atoms with Crippen LogP contribution >= 0.6 is 0 Å². The van der Waals surface area contributed by atoms with Crippen molar-refractivity contribution < 1.29 is 17.6 Å². The fourth-order valence-corrected chi connectivity index (χ4v) is 1.63. The number of para-hydroxylation sites is 1. The van der Waals surface area contributed by atoms with Crippen LogP contribution in [0.4, 0.5) is 34.6 Å². The number of nitrogen functional groups attached to an aromatic ring is 1. The molecule has 0 bridgehead atoms. The number of nitrogens with two attached hydrogens (primary N) is 1. The molecular formula is C13H10F4N2. The minimum absolute atomic E-state index is 0.0896. The molecule has 0 aromatic heterocycles. The molecule has 100 valence electrons. The van der Waals surface area contributed by atoms with E-state index in [0.717, 1.165) is 18.2 Å². The van der Waals surface area contributed by atoms with Crippen LogP contribution < -0.4 is 11.1 Å². The Kier molecular flexibility index (Phi) is 3.59. The molecule has 19 heavy (non-hydrogen) atoms. The molecule has 0 spiro atoms. The third-order valence-electron chi connectivity index (χ3n) is 2.53. The van der Waals surface area contributed by atoms with Crippen LogP contribution in [0, 0.1) is 11.6 Å². The van der Waals surface area contributed by atoms with Crippen molar-refractivity contribution in [2.45, 2.75) is 6.43 Å². The van der Waals surface area contributed by atoms with Crippen molar-refractivity contribution >= 4 is 17.1 Å². The fraction of sp³-hybridized carbons (Fsp3) is 0.0769. The summed E-state index contributed by atoms with van der Waals surface area (Å²) in [5.74, 6) is -1.73. The van der Waals surface area contributed by atoms with E-state index in [1.54, 1.807) is 0 Å². The van der Waals surface area contributed by atoms with E-state index in [4.69, 9.17) is 5.73 Å². The molecule has 0 radical (unpaired) electrons. The maximum atomic E-state index is 13.4. The molecule has 6 heteroatoms. The van der Waals surface area contributed by atoms with Crippen molar-refractivity contribution in [3.8, 4) is 0 Å². The summed E-state index contributed by atoms with van der Waals surface area (Å²) in [7, 11) is 0. The van der Waals surface area contributed by atoms with Gasteiger partial charge in [0.25, 0.3) is 6.43 Å². The van der Waals surface area contributed by atoms with Gasteiger partial charge >= 0.3 is 0 Å². The average molecular weight is 270 g/mol. The molecule has 3 N–H and O–H groups in total. The predicted octanol–water partition coefficient (Wildman–Crippen LogP) is 4.23. The van der Waals surface area contributed by atoms with Crippen LogP contribution in [0.15, 0.2) is 36.4 Å². The minimum atomic E-state index is -2.80. The number of nitrogens with one attached hydrogen (secondary N) is 1. The Hall–Kier alpha value is -2.24. The predicted molar refractivity (Wildman–Crippen MR) is 65.5 cm³/mol. The summed E-state index contributed by atoms with van der Waals surface area (Å²) in [6.45, 7) is 0. The minimum Gasteiger partial charge on any atom is -0.399 e. The molecule has 0 unspecified atom stereocenters. The SMILES string of the molecule is Nc1ccc(Nc2c(F)cccc2F)c(C(F)F)c1. The number of hydrogen-bond donors (Lipinski definition) is 2. The molecule has 2 aromatic carbocycles. The summed E-state index contributed by atoms with van der Waals surface area (Å²) in [4.78, 5) is 0. The van der Waals surface area contributed by atoms with Gasteiger partial charge in [0.1, 0.15) is 17.3 Å². The van der Waals surface area contributed by atoms with Crippen LogP contribution in [0.3, 0.4) is 0 Å². The van der Waals surface area contributed by atoms with Crippen LogP contribution in [0.25, 0.3) is 0 Å². The average Bonchev–Trinajstić information content (AvgIpc) is 2.35. The van der Waals surface area contributed by atoms with E-state index >= 15 is 0 Å². The van der Waals surface area contributed by atoms with Gasteiger partial charge in [-0.3, -0.25) is 0 Å². The molecule has 0 saturated carbocycles. The fourth-order valence-electron chi connectivity index (χ4n) is 1.63. The second-order valence-electron chi connectivity index (χ2n) is 3.87. The zero-order valence-electron chi connectivity index (χ0n) is 9.63. The van der Waals surface area contributed by atoms with Gasteiger partial charge in [0.15, 0.2) is 0 Å². The molecule has 0 heterocycles. The smallest absolute Gasteiger partial charge is 0.265 e. The highest BCUT2D eigenvalue weighted by Crippen LogP contribution is 2.32. The first-order valence-electron chi connectivity index (χ1n) is 5.37. The molecule has 0 atom stereocenters. The Morgan fingerprint density at radius 3 is 2.21 bits per heavy atom. The van der Waals surface area contributed by atoms with Gasteiger partial charge in [-0.05, 0) is 30.3 Å². The van der Waals surface area contributed by atoms with E-state index in [9.17, 15) is 17.6 Å². The number of halogens is 4. The van der Waals surface area contributed by atoms with E-state index in [-0.39, 0.29) is 11.4 Å². The van der Waals surface area contributed by atoms with Gasteiger partial charge in [0.2, 0.25) is 0 Å². The summed E-state index contributed by atoms with van der Waals surface area (Å²) in [5.41, 5.74) is 4.58. The lowest BCUT2D eigenvalue weighted by molar-refractivity contribution is 0.152. The molecule has 0 saturated heterocycles. The van der Waals surface area contributed by atoms with Crippen molar-refractivity contribution in [1.82, 2.24) is 0 Å². The molecule has 0 aliphatic heterocycles.